The largest absolute Gasteiger partial charge is 0.455 e. The van der Waals surface area contributed by atoms with E-state index in [1.807, 2.05) is 13.8 Å². The summed E-state index contributed by atoms with van der Waals surface area (Å²) in [6.07, 6.45) is 0. The number of aryl methyl sites for hydroxylation is 2. The van der Waals surface area contributed by atoms with Crippen molar-refractivity contribution in [2.75, 3.05) is 11.5 Å². The molecule has 0 radical (unpaired) electrons. The number of carbonyl (C=O) groups excluding carboxylic acids is 1. The summed E-state index contributed by atoms with van der Waals surface area (Å²) in [6, 6.07) is 4.71. The summed E-state index contributed by atoms with van der Waals surface area (Å²) in [6.45, 7) is 4.68. The minimum atomic E-state index is -0.485. The molecule has 2 rings (SSSR count). The highest BCUT2D eigenvalue weighted by atomic mass is 79.9. The highest BCUT2D eigenvalue weighted by molar-refractivity contribution is 9.10. The number of hydrogen-bond donors (Lipinski definition) is 2. The summed E-state index contributed by atoms with van der Waals surface area (Å²) in [4.78, 5) is 12.1. The second kappa shape index (κ2) is 6.17. The summed E-state index contributed by atoms with van der Waals surface area (Å²) in [5.41, 5.74) is 14.2. The number of esters is 1. The third kappa shape index (κ3) is 3.18. The Morgan fingerprint density at radius 1 is 1.43 bits per heavy atom. The zero-order valence-electron chi connectivity index (χ0n) is 11.9. The van der Waals surface area contributed by atoms with Gasteiger partial charge in [-0.05, 0) is 48.0 Å². The van der Waals surface area contributed by atoms with Gasteiger partial charge in [-0.1, -0.05) is 0 Å². The Morgan fingerprint density at radius 2 is 2.14 bits per heavy atom. The number of benzene rings is 1. The van der Waals surface area contributed by atoms with Gasteiger partial charge in [0.1, 0.15) is 6.61 Å². The van der Waals surface area contributed by atoms with Crippen molar-refractivity contribution >= 4 is 33.3 Å². The van der Waals surface area contributed by atoms with Crippen LogP contribution in [-0.2, 0) is 17.9 Å². The van der Waals surface area contributed by atoms with Gasteiger partial charge in [-0.15, -0.1) is 0 Å². The summed E-state index contributed by atoms with van der Waals surface area (Å²) in [5.74, 6) is -0.485. The molecule has 0 fully saturated rings. The second-order valence-corrected chi connectivity index (χ2v) is 5.38. The first kappa shape index (κ1) is 15.4. The Hall–Kier alpha value is -2.02. The van der Waals surface area contributed by atoms with Crippen LogP contribution in [0, 0.1) is 6.92 Å². The normalized spacial score (nSPS) is 10.6. The monoisotopic (exact) mass is 352 g/mol. The minimum absolute atomic E-state index is 0.123. The Labute approximate surface area is 131 Å². The lowest BCUT2D eigenvalue weighted by Crippen LogP contribution is -2.11. The van der Waals surface area contributed by atoms with E-state index in [2.05, 4.69) is 21.0 Å². The van der Waals surface area contributed by atoms with Crippen LogP contribution in [0.5, 0.6) is 0 Å². The Kier molecular flexibility index (Phi) is 4.52. The van der Waals surface area contributed by atoms with Gasteiger partial charge in [0.15, 0.2) is 0 Å². The molecule has 0 aliphatic heterocycles. The fourth-order valence-corrected chi connectivity index (χ4v) is 2.38. The number of hydrogen-bond acceptors (Lipinski definition) is 5. The molecule has 0 aliphatic carbocycles. The standard InChI is InChI=1S/C14H17BrN4O2/c1-3-19-12(13(15)8(2)18-19)7-21-14(20)10-5-4-9(16)6-11(10)17/h4-6H,3,7,16-17H2,1-2H3. The molecule has 1 aromatic carbocycles. The maximum Gasteiger partial charge on any atom is 0.340 e. The van der Waals surface area contributed by atoms with Gasteiger partial charge in [0.05, 0.1) is 21.4 Å². The third-order valence-electron chi connectivity index (χ3n) is 3.09. The van der Waals surface area contributed by atoms with Gasteiger partial charge in [0.2, 0.25) is 0 Å². The molecule has 2 aromatic rings. The van der Waals surface area contributed by atoms with E-state index in [0.29, 0.717) is 23.5 Å². The molecule has 1 aromatic heterocycles. The third-order valence-corrected chi connectivity index (χ3v) is 4.12. The number of nitrogens with two attached hydrogens (primary N) is 2. The molecule has 0 saturated carbocycles. The van der Waals surface area contributed by atoms with E-state index in [0.717, 1.165) is 15.9 Å². The van der Waals surface area contributed by atoms with Crippen LogP contribution in [0.15, 0.2) is 22.7 Å². The fourth-order valence-electron chi connectivity index (χ4n) is 1.99. The average Bonchev–Trinajstić information content (AvgIpc) is 2.71. The molecule has 6 nitrogen and oxygen atoms in total. The molecule has 0 atom stereocenters. The molecule has 1 heterocycles. The maximum atomic E-state index is 12.1. The Balaban J connectivity index is 2.14. The molecule has 112 valence electrons. The van der Waals surface area contributed by atoms with Crippen LogP contribution in [0.2, 0.25) is 0 Å². The molecular weight excluding hydrogens is 336 g/mol. The van der Waals surface area contributed by atoms with Gasteiger partial charge in [-0.3, -0.25) is 4.68 Å². The van der Waals surface area contributed by atoms with Gasteiger partial charge in [0.25, 0.3) is 0 Å². The van der Waals surface area contributed by atoms with Crippen molar-refractivity contribution in [2.24, 2.45) is 0 Å². The molecule has 0 aliphatic rings. The predicted octanol–water partition coefficient (Wildman–Crippen LogP) is 2.50. The molecule has 0 bridgehead atoms. The van der Waals surface area contributed by atoms with E-state index in [4.69, 9.17) is 16.2 Å². The van der Waals surface area contributed by atoms with E-state index in [9.17, 15) is 4.79 Å². The molecule has 0 amide bonds. The molecule has 4 N–H and O–H groups in total. The van der Waals surface area contributed by atoms with Crippen molar-refractivity contribution < 1.29 is 9.53 Å². The lowest BCUT2D eigenvalue weighted by Gasteiger charge is -2.09. The summed E-state index contributed by atoms with van der Waals surface area (Å²) >= 11 is 3.46. The maximum absolute atomic E-state index is 12.1. The van der Waals surface area contributed by atoms with Gasteiger partial charge < -0.3 is 16.2 Å². The van der Waals surface area contributed by atoms with Crippen LogP contribution < -0.4 is 11.5 Å². The van der Waals surface area contributed by atoms with E-state index in [1.54, 1.807) is 16.8 Å². The van der Waals surface area contributed by atoms with Crippen molar-refractivity contribution in [3.63, 3.8) is 0 Å². The van der Waals surface area contributed by atoms with Gasteiger partial charge in [-0.2, -0.15) is 5.10 Å². The summed E-state index contributed by atoms with van der Waals surface area (Å²) < 4.78 is 7.96. The number of nitrogens with zero attached hydrogens (tertiary/aromatic N) is 2. The number of nitrogen functional groups attached to an aromatic ring is 2. The zero-order valence-corrected chi connectivity index (χ0v) is 13.5. The SMILES string of the molecule is CCn1nc(C)c(Br)c1COC(=O)c1ccc(N)cc1N. The first-order valence-electron chi connectivity index (χ1n) is 6.48. The lowest BCUT2D eigenvalue weighted by atomic mass is 10.1. The first-order chi connectivity index (χ1) is 9.93. The Bertz CT molecular complexity index is 682. The molecule has 0 unspecified atom stereocenters. The molecule has 0 spiro atoms. The van der Waals surface area contributed by atoms with Crippen molar-refractivity contribution in [2.45, 2.75) is 27.0 Å². The molecule has 21 heavy (non-hydrogen) atoms. The number of carbonyl (C=O) groups is 1. The number of aromatic nitrogens is 2. The van der Waals surface area contributed by atoms with Crippen molar-refractivity contribution in [3.05, 3.63) is 39.6 Å². The second-order valence-electron chi connectivity index (χ2n) is 4.58. The van der Waals surface area contributed by atoms with Crippen LogP contribution >= 0.6 is 15.9 Å². The topological polar surface area (TPSA) is 96.2 Å². The van der Waals surface area contributed by atoms with Crippen LogP contribution in [0.3, 0.4) is 0 Å². The number of anilines is 2. The zero-order chi connectivity index (χ0) is 15.6. The highest BCUT2D eigenvalue weighted by Crippen LogP contribution is 2.23. The smallest absolute Gasteiger partial charge is 0.340 e. The van der Waals surface area contributed by atoms with Crippen LogP contribution in [-0.4, -0.2) is 15.7 Å². The summed E-state index contributed by atoms with van der Waals surface area (Å²) in [5, 5.41) is 4.35. The van der Waals surface area contributed by atoms with E-state index in [1.165, 1.54) is 6.07 Å². The van der Waals surface area contributed by atoms with Crippen LogP contribution in [0.4, 0.5) is 11.4 Å². The van der Waals surface area contributed by atoms with E-state index in [-0.39, 0.29) is 6.61 Å². The van der Waals surface area contributed by atoms with Crippen molar-refractivity contribution in [1.29, 1.82) is 0 Å². The van der Waals surface area contributed by atoms with Crippen molar-refractivity contribution in [3.8, 4) is 0 Å². The number of rotatable bonds is 4. The number of ether oxygens (including phenoxy) is 1. The summed E-state index contributed by atoms with van der Waals surface area (Å²) in [7, 11) is 0. The first-order valence-corrected chi connectivity index (χ1v) is 7.27. The Morgan fingerprint density at radius 3 is 2.76 bits per heavy atom. The quantitative estimate of drug-likeness (QED) is 0.650. The predicted molar refractivity (Wildman–Crippen MR) is 84.7 cm³/mol. The average molecular weight is 353 g/mol. The van der Waals surface area contributed by atoms with Gasteiger partial charge in [0, 0.05) is 17.9 Å². The van der Waals surface area contributed by atoms with E-state index < -0.39 is 5.97 Å². The highest BCUT2D eigenvalue weighted by Gasteiger charge is 2.16. The lowest BCUT2D eigenvalue weighted by molar-refractivity contribution is 0.0463. The van der Waals surface area contributed by atoms with Gasteiger partial charge >= 0.3 is 5.97 Å². The van der Waals surface area contributed by atoms with E-state index >= 15 is 0 Å². The molecule has 0 saturated heterocycles. The molecule has 7 heteroatoms. The van der Waals surface area contributed by atoms with Crippen molar-refractivity contribution in [1.82, 2.24) is 9.78 Å². The fraction of sp³-hybridized carbons (Fsp3) is 0.286. The number of halogens is 1. The minimum Gasteiger partial charge on any atom is -0.455 e. The van der Waals surface area contributed by atoms with Crippen LogP contribution in [0.1, 0.15) is 28.7 Å². The van der Waals surface area contributed by atoms with Gasteiger partial charge in [-0.25, -0.2) is 4.79 Å². The molecular formula is C14H17BrN4O2. The van der Waals surface area contributed by atoms with Crippen LogP contribution in [0.25, 0.3) is 0 Å².